The van der Waals surface area contributed by atoms with Crippen molar-refractivity contribution in [2.75, 3.05) is 0 Å². The van der Waals surface area contributed by atoms with Gasteiger partial charge < -0.3 is 14.6 Å². The highest BCUT2D eigenvalue weighted by Crippen LogP contribution is 2.17. The highest BCUT2D eigenvalue weighted by Gasteiger charge is 2.37. The van der Waals surface area contributed by atoms with Crippen LogP contribution in [0, 0.1) is 0 Å². The van der Waals surface area contributed by atoms with Gasteiger partial charge in [0.05, 0.1) is 5.97 Å². The molecule has 1 amide bonds. The normalized spacial score (nSPS) is 12.1. The zero-order chi connectivity index (χ0) is 14.5. The molecule has 0 aliphatic heterocycles. The number of carboxylic acids is 1. The average Bonchev–Trinajstić information content (AvgIpc) is 2.33. The third-order valence-corrected chi connectivity index (χ3v) is 1.87. The van der Waals surface area contributed by atoms with E-state index in [2.05, 4.69) is 9.73 Å². The van der Waals surface area contributed by atoms with Gasteiger partial charge in [0.1, 0.15) is 6.61 Å². The summed E-state index contributed by atoms with van der Waals surface area (Å²) in [6, 6.07) is 8.10. The second-order valence-electron chi connectivity index (χ2n) is 3.29. The van der Waals surface area contributed by atoms with E-state index in [-0.39, 0.29) is 6.61 Å². The summed E-state index contributed by atoms with van der Waals surface area (Å²) in [6.07, 6.45) is -6.94. The minimum absolute atomic E-state index is 0.318. The molecule has 0 radical (unpaired) electrons. The smallest absolute Gasteiger partial charge is 0.435 e. The highest BCUT2D eigenvalue weighted by atomic mass is 19.4. The number of benzene rings is 1. The van der Waals surface area contributed by atoms with Gasteiger partial charge in [-0.05, 0) is 5.56 Å². The number of halogens is 3. The number of alkyl halides is 3. The molecule has 19 heavy (non-hydrogen) atoms. The summed E-state index contributed by atoms with van der Waals surface area (Å²) in [4.78, 5) is 23.5. The number of carbonyl (C=O) groups is 2. The van der Waals surface area contributed by atoms with Gasteiger partial charge in [-0.25, -0.2) is 4.79 Å². The Morgan fingerprint density at radius 3 is 2.26 bits per heavy atom. The third-order valence-electron chi connectivity index (χ3n) is 1.87. The van der Waals surface area contributed by atoms with Crippen molar-refractivity contribution < 1.29 is 32.6 Å². The summed E-state index contributed by atoms with van der Waals surface area (Å²) in [7, 11) is 0. The van der Waals surface area contributed by atoms with Gasteiger partial charge in [0.25, 0.3) is 0 Å². The number of rotatable bonds is 3. The van der Waals surface area contributed by atoms with Crippen LogP contribution in [0.2, 0.25) is 0 Å². The summed E-state index contributed by atoms with van der Waals surface area (Å²) < 4.78 is 40.8. The van der Waals surface area contributed by atoms with E-state index in [0.717, 1.165) is 0 Å². The first kappa shape index (κ1) is 14.7. The van der Waals surface area contributed by atoms with E-state index in [1.807, 2.05) is 0 Å². The van der Waals surface area contributed by atoms with Gasteiger partial charge in [-0.2, -0.15) is 18.2 Å². The maximum atomic E-state index is 12.1. The molecule has 0 aliphatic rings. The molecule has 1 rings (SSSR count). The molecule has 0 saturated heterocycles. The van der Waals surface area contributed by atoms with Crippen LogP contribution in [0.4, 0.5) is 18.0 Å². The number of amides is 1. The van der Waals surface area contributed by atoms with Gasteiger partial charge in [0.2, 0.25) is 0 Å². The van der Waals surface area contributed by atoms with Gasteiger partial charge in [0, 0.05) is 0 Å². The third kappa shape index (κ3) is 4.78. The Balaban J connectivity index is 2.70. The van der Waals surface area contributed by atoms with Crippen LogP contribution in [-0.4, -0.2) is 24.0 Å². The predicted octanol–water partition coefficient (Wildman–Crippen LogP) is 1.08. The van der Waals surface area contributed by atoms with Crippen LogP contribution in [0.3, 0.4) is 0 Å². The van der Waals surface area contributed by atoms with Gasteiger partial charge in [-0.1, -0.05) is 30.3 Å². The van der Waals surface area contributed by atoms with Gasteiger partial charge in [0.15, 0.2) is 5.71 Å². The van der Waals surface area contributed by atoms with Crippen LogP contribution in [0.5, 0.6) is 0 Å². The van der Waals surface area contributed by atoms with Crippen molar-refractivity contribution in [1.29, 1.82) is 0 Å². The molecular weight excluding hydrogens is 267 g/mol. The Bertz CT molecular complexity index is 496. The van der Waals surface area contributed by atoms with Crippen molar-refractivity contribution in [2.45, 2.75) is 12.8 Å². The lowest BCUT2D eigenvalue weighted by Crippen LogP contribution is -2.41. The van der Waals surface area contributed by atoms with E-state index < -0.39 is 24.0 Å². The predicted molar refractivity (Wildman–Crippen MR) is 55.1 cm³/mol. The summed E-state index contributed by atoms with van der Waals surface area (Å²) in [5.74, 6) is -2.59. The Labute approximate surface area is 105 Å². The van der Waals surface area contributed by atoms with Crippen LogP contribution >= 0.6 is 0 Å². The van der Waals surface area contributed by atoms with Crippen molar-refractivity contribution in [3.63, 3.8) is 0 Å². The molecule has 0 heterocycles. The fourth-order valence-corrected chi connectivity index (χ4v) is 1.07. The largest absolute Gasteiger partial charge is 0.543 e. The first-order chi connectivity index (χ1) is 8.80. The second kappa shape index (κ2) is 5.98. The first-order valence-electron chi connectivity index (χ1n) is 4.88. The topological polar surface area (TPSA) is 78.8 Å². The molecular formula is C11H7F3NO4-. The molecule has 1 aromatic carbocycles. The minimum atomic E-state index is -5.29. The molecule has 0 bridgehead atoms. The van der Waals surface area contributed by atoms with Crippen LogP contribution in [0.1, 0.15) is 5.56 Å². The van der Waals surface area contributed by atoms with Crippen LogP contribution in [0.25, 0.3) is 0 Å². The number of aliphatic carboxylic acids is 1. The second-order valence-corrected chi connectivity index (χ2v) is 3.29. The SMILES string of the molecule is O=C(N=C(C(=O)[O-])C(F)(F)F)OCc1ccccc1. The molecule has 5 nitrogen and oxygen atoms in total. The zero-order valence-corrected chi connectivity index (χ0v) is 9.31. The molecule has 0 unspecified atom stereocenters. The lowest BCUT2D eigenvalue weighted by Gasteiger charge is -2.10. The van der Waals surface area contributed by atoms with Crippen molar-refractivity contribution >= 4 is 17.8 Å². The van der Waals surface area contributed by atoms with Crippen LogP contribution < -0.4 is 5.11 Å². The molecule has 0 aromatic heterocycles. The minimum Gasteiger partial charge on any atom is -0.543 e. The van der Waals surface area contributed by atoms with Crippen LogP contribution in [0.15, 0.2) is 35.3 Å². The van der Waals surface area contributed by atoms with E-state index >= 15 is 0 Å². The molecule has 102 valence electrons. The standard InChI is InChI=1S/C11H8F3NO4/c12-11(13,14)8(9(16)17)15-10(18)19-6-7-4-2-1-3-5-7/h1-5H,6H2,(H,16,17)/p-1. The lowest BCUT2D eigenvalue weighted by atomic mass is 10.2. The Hall–Kier alpha value is -2.38. The van der Waals surface area contributed by atoms with E-state index in [1.54, 1.807) is 30.3 Å². The monoisotopic (exact) mass is 274 g/mol. The van der Waals surface area contributed by atoms with Crippen LogP contribution in [-0.2, 0) is 16.1 Å². The lowest BCUT2D eigenvalue weighted by molar-refractivity contribution is -0.296. The number of carboxylic acid groups (broad SMARTS) is 1. The van der Waals surface area contributed by atoms with Gasteiger partial charge in [-0.3, -0.25) is 0 Å². The van der Waals surface area contributed by atoms with Crippen molar-refractivity contribution in [3.05, 3.63) is 35.9 Å². The number of aliphatic imine (C=N–C) groups is 1. The van der Waals surface area contributed by atoms with E-state index in [0.29, 0.717) is 5.56 Å². The fraction of sp³-hybridized carbons (Fsp3) is 0.182. The Kier molecular flexibility index (Phi) is 4.62. The molecule has 0 spiro atoms. The number of carbonyl (C=O) groups excluding carboxylic acids is 2. The molecule has 0 aliphatic carbocycles. The van der Waals surface area contributed by atoms with E-state index in [4.69, 9.17) is 0 Å². The summed E-state index contributed by atoms with van der Waals surface area (Å²) in [5, 5.41) is 10.2. The number of ether oxygens (including phenoxy) is 1. The first-order valence-corrected chi connectivity index (χ1v) is 4.88. The van der Waals surface area contributed by atoms with Crippen molar-refractivity contribution in [2.24, 2.45) is 4.99 Å². The fourth-order valence-electron chi connectivity index (χ4n) is 1.07. The molecule has 1 aromatic rings. The molecule has 0 N–H and O–H groups in total. The van der Waals surface area contributed by atoms with E-state index in [9.17, 15) is 27.9 Å². The molecule has 0 atom stereocenters. The maximum absolute atomic E-state index is 12.1. The van der Waals surface area contributed by atoms with Gasteiger partial charge >= 0.3 is 12.3 Å². The number of hydrogen-bond acceptors (Lipinski definition) is 4. The summed E-state index contributed by atoms with van der Waals surface area (Å²) >= 11 is 0. The zero-order valence-electron chi connectivity index (χ0n) is 9.31. The molecule has 8 heteroatoms. The highest BCUT2D eigenvalue weighted by molar-refractivity contribution is 6.38. The molecule has 0 fully saturated rings. The van der Waals surface area contributed by atoms with E-state index in [1.165, 1.54) is 0 Å². The van der Waals surface area contributed by atoms with Crippen molar-refractivity contribution in [3.8, 4) is 0 Å². The quantitative estimate of drug-likeness (QED) is 0.772. The Morgan fingerprint density at radius 1 is 1.21 bits per heavy atom. The molecule has 0 saturated carbocycles. The summed E-state index contributed by atoms with van der Waals surface area (Å²) in [5.41, 5.74) is -1.81. The Morgan fingerprint density at radius 2 is 1.79 bits per heavy atom. The summed E-state index contributed by atoms with van der Waals surface area (Å²) in [6.45, 7) is -0.318. The average molecular weight is 274 g/mol. The number of hydrogen-bond donors (Lipinski definition) is 0. The van der Waals surface area contributed by atoms with Crippen molar-refractivity contribution in [1.82, 2.24) is 0 Å². The maximum Gasteiger partial charge on any atom is 0.435 e. The number of nitrogens with zero attached hydrogens (tertiary/aromatic N) is 1. The van der Waals surface area contributed by atoms with Gasteiger partial charge in [-0.15, -0.1) is 0 Å².